The van der Waals surface area contributed by atoms with Crippen LogP contribution in [0.4, 0.5) is 0 Å². The van der Waals surface area contributed by atoms with Crippen molar-refractivity contribution in [2.45, 2.75) is 0 Å². The topological polar surface area (TPSA) is 56.7 Å². The number of nitrogens with zero attached hydrogens (tertiary/aromatic N) is 4. The maximum atomic E-state index is 6.81. The molecule has 0 aliphatic rings. The van der Waals surface area contributed by atoms with E-state index >= 15 is 0 Å². The second-order valence-electron chi connectivity index (χ2n) is 12.8. The smallest absolute Gasteiger partial charge is 0.164 e. The highest BCUT2D eigenvalue weighted by Crippen LogP contribution is 2.42. The van der Waals surface area contributed by atoms with Crippen LogP contribution < -0.4 is 0 Å². The van der Waals surface area contributed by atoms with Crippen molar-refractivity contribution in [2.75, 3.05) is 0 Å². The lowest BCUT2D eigenvalue weighted by atomic mass is 10.1. The fourth-order valence-electron chi connectivity index (χ4n) is 7.50. The van der Waals surface area contributed by atoms with Gasteiger partial charge in [-0.05, 0) is 66.7 Å². The van der Waals surface area contributed by atoms with Crippen LogP contribution in [0.5, 0.6) is 0 Å². The van der Waals surface area contributed by atoms with Crippen molar-refractivity contribution >= 4 is 75.3 Å². The first-order valence-corrected chi connectivity index (χ1v) is 17.8. The van der Waals surface area contributed by atoms with Crippen molar-refractivity contribution in [1.29, 1.82) is 0 Å². The average molecular weight is 671 g/mol. The van der Waals surface area contributed by atoms with Crippen LogP contribution in [0, 0.1) is 0 Å². The molecule has 0 saturated carbocycles. The van der Waals surface area contributed by atoms with Crippen LogP contribution in [-0.2, 0) is 0 Å². The summed E-state index contributed by atoms with van der Waals surface area (Å²) < 4.78 is 11.6. The first-order valence-electron chi connectivity index (χ1n) is 16.9. The van der Waals surface area contributed by atoms with E-state index in [9.17, 15) is 0 Å². The summed E-state index contributed by atoms with van der Waals surface area (Å²) in [4.78, 5) is 15.1. The van der Waals surface area contributed by atoms with Gasteiger partial charge in [0.1, 0.15) is 11.2 Å². The molecule has 5 nitrogen and oxygen atoms in total. The number of benzene rings is 7. The molecule has 238 valence electrons. The van der Waals surface area contributed by atoms with Gasteiger partial charge in [-0.25, -0.2) is 15.0 Å². The Morgan fingerprint density at radius 1 is 0.431 bits per heavy atom. The van der Waals surface area contributed by atoms with E-state index in [0.717, 1.165) is 66.1 Å². The number of furan rings is 1. The second kappa shape index (κ2) is 10.9. The maximum absolute atomic E-state index is 6.81. The van der Waals surface area contributed by atoms with Crippen molar-refractivity contribution in [3.05, 3.63) is 158 Å². The maximum Gasteiger partial charge on any atom is 0.164 e. The van der Waals surface area contributed by atoms with E-state index in [0.29, 0.717) is 17.5 Å². The summed E-state index contributed by atoms with van der Waals surface area (Å²) in [5.41, 5.74) is 7.80. The predicted molar refractivity (Wildman–Crippen MR) is 211 cm³/mol. The molecule has 0 unspecified atom stereocenters. The van der Waals surface area contributed by atoms with Gasteiger partial charge in [0.15, 0.2) is 17.5 Å². The van der Waals surface area contributed by atoms with Gasteiger partial charge in [-0.15, -0.1) is 11.3 Å². The van der Waals surface area contributed by atoms with Crippen LogP contribution in [-0.4, -0.2) is 19.5 Å². The predicted octanol–water partition coefficient (Wildman–Crippen LogP) is 12.2. The van der Waals surface area contributed by atoms with E-state index < -0.39 is 0 Å². The molecule has 0 aliphatic heterocycles. The minimum atomic E-state index is 0.599. The zero-order valence-electron chi connectivity index (χ0n) is 27.1. The molecule has 0 bridgehead atoms. The highest BCUT2D eigenvalue weighted by molar-refractivity contribution is 7.25. The Kier molecular flexibility index (Phi) is 6.05. The van der Waals surface area contributed by atoms with Gasteiger partial charge in [0.25, 0.3) is 0 Å². The van der Waals surface area contributed by atoms with Crippen LogP contribution >= 0.6 is 11.3 Å². The quantitative estimate of drug-likeness (QED) is 0.187. The summed E-state index contributed by atoms with van der Waals surface area (Å²) in [5, 5.41) is 6.85. The lowest BCUT2D eigenvalue weighted by molar-refractivity contribution is 0.673. The third-order valence-corrected chi connectivity index (χ3v) is 11.0. The Hall–Kier alpha value is -6.63. The van der Waals surface area contributed by atoms with Gasteiger partial charge in [-0.2, -0.15) is 0 Å². The number of rotatable bonds is 4. The molecule has 4 aromatic heterocycles. The zero-order valence-corrected chi connectivity index (χ0v) is 27.9. The minimum Gasteiger partial charge on any atom is -0.455 e. The number of para-hydroxylation sites is 2. The third-order valence-electron chi connectivity index (χ3n) is 9.85. The number of hydrogen-bond acceptors (Lipinski definition) is 5. The van der Waals surface area contributed by atoms with Crippen LogP contribution in [0.25, 0.3) is 104 Å². The Morgan fingerprint density at radius 2 is 1.06 bits per heavy atom. The highest BCUT2D eigenvalue weighted by atomic mass is 32.1. The molecular formula is C45H26N4OS. The summed E-state index contributed by atoms with van der Waals surface area (Å²) in [6.07, 6.45) is 0. The molecule has 0 N–H and O–H groups in total. The van der Waals surface area contributed by atoms with E-state index in [4.69, 9.17) is 19.4 Å². The first kappa shape index (κ1) is 28.2. The van der Waals surface area contributed by atoms with Crippen molar-refractivity contribution in [3.8, 4) is 39.9 Å². The van der Waals surface area contributed by atoms with Crippen LogP contribution in [0.15, 0.2) is 162 Å². The Labute approximate surface area is 295 Å². The number of thiophene rings is 1. The molecule has 0 atom stereocenters. The summed E-state index contributed by atoms with van der Waals surface area (Å²) in [6.45, 7) is 0. The van der Waals surface area contributed by atoms with Gasteiger partial charge in [0, 0.05) is 58.7 Å². The minimum absolute atomic E-state index is 0.599. The summed E-state index contributed by atoms with van der Waals surface area (Å²) in [5.74, 6) is 1.87. The second-order valence-corrected chi connectivity index (χ2v) is 13.9. The summed E-state index contributed by atoms with van der Waals surface area (Å²) >= 11 is 1.80. The Balaban J connectivity index is 1.11. The van der Waals surface area contributed by atoms with E-state index in [1.165, 1.54) is 20.2 Å². The fraction of sp³-hybridized carbons (Fsp3) is 0. The van der Waals surface area contributed by atoms with Gasteiger partial charge >= 0.3 is 0 Å². The molecule has 51 heavy (non-hydrogen) atoms. The molecule has 4 heterocycles. The molecule has 0 fully saturated rings. The largest absolute Gasteiger partial charge is 0.455 e. The summed E-state index contributed by atoms with van der Waals surface area (Å²) in [6, 6.07) is 54.9. The molecule has 7 aromatic carbocycles. The van der Waals surface area contributed by atoms with E-state index in [1.54, 1.807) is 11.3 Å². The van der Waals surface area contributed by atoms with Gasteiger partial charge in [0.05, 0.1) is 16.4 Å². The summed E-state index contributed by atoms with van der Waals surface area (Å²) in [7, 11) is 0. The molecule has 0 aliphatic carbocycles. The number of fused-ring (bicyclic) bond motifs is 10. The van der Waals surface area contributed by atoms with Gasteiger partial charge in [0.2, 0.25) is 0 Å². The lowest BCUT2D eigenvalue weighted by Crippen LogP contribution is -2.00. The van der Waals surface area contributed by atoms with Gasteiger partial charge < -0.3 is 8.98 Å². The van der Waals surface area contributed by atoms with Gasteiger partial charge in [-0.3, -0.25) is 0 Å². The van der Waals surface area contributed by atoms with Crippen LogP contribution in [0.2, 0.25) is 0 Å². The molecule has 11 rings (SSSR count). The van der Waals surface area contributed by atoms with Crippen LogP contribution in [0.1, 0.15) is 0 Å². The monoisotopic (exact) mass is 670 g/mol. The number of hydrogen-bond donors (Lipinski definition) is 0. The van der Waals surface area contributed by atoms with Crippen LogP contribution in [0.3, 0.4) is 0 Å². The third kappa shape index (κ3) is 4.37. The molecule has 0 spiro atoms. The molecule has 0 radical (unpaired) electrons. The zero-order chi connectivity index (χ0) is 33.5. The highest BCUT2D eigenvalue weighted by Gasteiger charge is 2.20. The van der Waals surface area contributed by atoms with Crippen molar-refractivity contribution in [2.24, 2.45) is 0 Å². The molecule has 0 amide bonds. The first-order chi connectivity index (χ1) is 25.3. The fourth-order valence-corrected chi connectivity index (χ4v) is 8.58. The van der Waals surface area contributed by atoms with E-state index in [1.807, 2.05) is 30.3 Å². The number of aromatic nitrogens is 4. The van der Waals surface area contributed by atoms with Crippen molar-refractivity contribution in [3.63, 3.8) is 0 Å². The Bertz CT molecular complexity index is 3140. The van der Waals surface area contributed by atoms with E-state index in [2.05, 4.69) is 132 Å². The molecular weight excluding hydrogens is 645 g/mol. The van der Waals surface area contributed by atoms with Crippen molar-refractivity contribution in [1.82, 2.24) is 19.5 Å². The SMILES string of the molecule is c1ccc(-c2nc(-c3ccc4c(c3)oc3c4ccc4c3c3ccccc3n4-c3ccccc3)nc(-c3ccc4sc5ccccc5c4c3)n2)cc1. The molecule has 11 aromatic rings. The normalized spacial score (nSPS) is 11.9. The molecule has 0 saturated heterocycles. The average Bonchev–Trinajstić information content (AvgIpc) is 3.87. The Morgan fingerprint density at radius 3 is 1.88 bits per heavy atom. The standard InChI is InChI=1S/C45H26N4OS/c1-3-11-27(12-4-1)43-46-44(28-20-24-40-35(25-28)32-15-8-10-18-39(32)51-40)48-45(47-43)29-19-21-31-33-22-23-37-41(42(33)50-38(31)26-29)34-16-7-9-17-36(34)49(37)30-13-5-2-6-14-30/h1-26H. The van der Waals surface area contributed by atoms with Crippen molar-refractivity contribution < 1.29 is 4.42 Å². The van der Waals surface area contributed by atoms with E-state index in [-0.39, 0.29) is 0 Å². The van der Waals surface area contributed by atoms with Gasteiger partial charge in [-0.1, -0.05) is 91.0 Å². The molecule has 6 heteroatoms. The lowest BCUT2D eigenvalue weighted by Gasteiger charge is -2.08.